The number of fused-ring (bicyclic) bond motifs is 1. The summed E-state index contributed by atoms with van der Waals surface area (Å²) in [5, 5.41) is 3.98. The summed E-state index contributed by atoms with van der Waals surface area (Å²) in [5.74, 6) is 0.230. The molecule has 0 radical (unpaired) electrons. The smallest absolute Gasteiger partial charge is 0.188 e. The molecule has 0 aliphatic heterocycles. The van der Waals surface area contributed by atoms with Crippen LogP contribution >= 0.6 is 24.0 Å². The zero-order chi connectivity index (χ0) is 13.0. The number of nitrogens with one attached hydrogen (secondary N) is 2. The Morgan fingerprint density at radius 1 is 1.47 bits per heavy atom. The number of rotatable bonds is 4. The van der Waals surface area contributed by atoms with E-state index in [0.29, 0.717) is 12.5 Å². The first-order chi connectivity index (χ1) is 8.70. The third-order valence-electron chi connectivity index (χ3n) is 2.75. The lowest BCUT2D eigenvalue weighted by Crippen LogP contribution is -2.31. The first kappa shape index (κ1) is 15.7. The second kappa shape index (κ2) is 7.32. The van der Waals surface area contributed by atoms with Crippen molar-refractivity contribution in [2.45, 2.75) is 13.3 Å². The van der Waals surface area contributed by atoms with Gasteiger partial charge in [-0.25, -0.2) is 4.39 Å². The molecule has 0 aliphatic rings. The maximum Gasteiger partial charge on any atom is 0.188 e. The van der Waals surface area contributed by atoms with Crippen molar-refractivity contribution in [3.63, 3.8) is 0 Å². The van der Waals surface area contributed by atoms with E-state index in [9.17, 15) is 4.39 Å². The van der Waals surface area contributed by atoms with E-state index in [1.807, 2.05) is 13.1 Å². The van der Waals surface area contributed by atoms with Crippen molar-refractivity contribution in [1.29, 1.82) is 0 Å². The lowest BCUT2D eigenvalue weighted by molar-refractivity contribution is 0.629. The Bertz CT molecular complexity index is 565. The summed E-state index contributed by atoms with van der Waals surface area (Å²) in [6, 6.07) is 4.75. The zero-order valence-electron chi connectivity index (χ0n) is 10.7. The molecule has 1 aromatic carbocycles. The molecule has 104 valence electrons. The highest BCUT2D eigenvalue weighted by Gasteiger charge is 2.04. The number of nitrogens with zero attached hydrogens (tertiary/aromatic N) is 1. The second-order valence-electron chi connectivity index (χ2n) is 4.05. The van der Waals surface area contributed by atoms with E-state index in [1.54, 1.807) is 6.07 Å². The van der Waals surface area contributed by atoms with E-state index in [-0.39, 0.29) is 29.8 Å². The molecule has 0 saturated heterocycles. The molecule has 0 spiro atoms. The summed E-state index contributed by atoms with van der Waals surface area (Å²) in [5.41, 5.74) is 7.57. The lowest BCUT2D eigenvalue weighted by Gasteiger charge is -2.01. The highest BCUT2D eigenvalue weighted by molar-refractivity contribution is 14.0. The SMILES string of the molecule is CCNC(N)=NCCc1c[nH]c2cc(F)ccc12.I. The van der Waals surface area contributed by atoms with Crippen molar-refractivity contribution < 1.29 is 4.39 Å². The van der Waals surface area contributed by atoms with Gasteiger partial charge in [-0.15, -0.1) is 24.0 Å². The fourth-order valence-electron chi connectivity index (χ4n) is 1.90. The lowest BCUT2D eigenvalue weighted by atomic mass is 10.1. The third kappa shape index (κ3) is 4.09. The van der Waals surface area contributed by atoms with Gasteiger partial charge in [0.05, 0.1) is 0 Å². The van der Waals surface area contributed by atoms with E-state index in [4.69, 9.17) is 5.73 Å². The van der Waals surface area contributed by atoms with Crippen molar-refractivity contribution >= 4 is 40.8 Å². The number of aromatic nitrogens is 1. The van der Waals surface area contributed by atoms with Crippen LogP contribution in [0.1, 0.15) is 12.5 Å². The molecule has 2 rings (SSSR count). The Kier molecular flexibility index (Phi) is 6.07. The minimum Gasteiger partial charge on any atom is -0.370 e. The van der Waals surface area contributed by atoms with Gasteiger partial charge in [-0.1, -0.05) is 0 Å². The maximum absolute atomic E-state index is 13.0. The van der Waals surface area contributed by atoms with Crippen LogP contribution in [0.5, 0.6) is 0 Å². The van der Waals surface area contributed by atoms with E-state index in [0.717, 1.165) is 29.4 Å². The predicted octanol–water partition coefficient (Wildman–Crippen LogP) is 2.39. The maximum atomic E-state index is 13.0. The summed E-state index contributed by atoms with van der Waals surface area (Å²) in [7, 11) is 0. The number of hydrogen-bond acceptors (Lipinski definition) is 1. The number of nitrogens with two attached hydrogens (primary N) is 1. The molecule has 0 saturated carbocycles. The molecular weight excluding hydrogens is 358 g/mol. The van der Waals surface area contributed by atoms with E-state index >= 15 is 0 Å². The van der Waals surface area contributed by atoms with Gasteiger partial charge in [-0.05, 0) is 37.1 Å². The van der Waals surface area contributed by atoms with Crippen molar-refractivity contribution in [2.24, 2.45) is 10.7 Å². The molecule has 0 bridgehead atoms. The summed E-state index contributed by atoms with van der Waals surface area (Å²) < 4.78 is 13.0. The van der Waals surface area contributed by atoms with Gasteiger partial charge in [0.1, 0.15) is 5.82 Å². The Hall–Kier alpha value is -1.31. The summed E-state index contributed by atoms with van der Waals surface area (Å²) in [6.07, 6.45) is 2.67. The van der Waals surface area contributed by atoms with E-state index < -0.39 is 0 Å². The Labute approximate surface area is 128 Å². The van der Waals surface area contributed by atoms with Gasteiger partial charge in [-0.3, -0.25) is 4.99 Å². The van der Waals surface area contributed by atoms with Crippen LogP contribution in [0.3, 0.4) is 0 Å². The van der Waals surface area contributed by atoms with Gasteiger partial charge in [0.15, 0.2) is 5.96 Å². The molecule has 19 heavy (non-hydrogen) atoms. The van der Waals surface area contributed by atoms with Crippen LogP contribution in [0.2, 0.25) is 0 Å². The Morgan fingerprint density at radius 2 is 2.26 bits per heavy atom. The average molecular weight is 376 g/mol. The number of hydrogen-bond donors (Lipinski definition) is 3. The van der Waals surface area contributed by atoms with Gasteiger partial charge >= 0.3 is 0 Å². The van der Waals surface area contributed by atoms with Crippen LogP contribution in [0.4, 0.5) is 4.39 Å². The van der Waals surface area contributed by atoms with Crippen LogP contribution in [-0.2, 0) is 6.42 Å². The topological polar surface area (TPSA) is 66.2 Å². The molecule has 1 aromatic heterocycles. The third-order valence-corrected chi connectivity index (χ3v) is 2.75. The van der Waals surface area contributed by atoms with E-state index in [2.05, 4.69) is 15.3 Å². The summed E-state index contributed by atoms with van der Waals surface area (Å²) >= 11 is 0. The van der Waals surface area contributed by atoms with Crippen molar-refractivity contribution in [1.82, 2.24) is 10.3 Å². The van der Waals surface area contributed by atoms with Gasteiger partial charge < -0.3 is 16.0 Å². The van der Waals surface area contributed by atoms with Crippen LogP contribution in [0, 0.1) is 5.82 Å². The number of H-pyrrole nitrogens is 1. The minimum atomic E-state index is -0.231. The van der Waals surface area contributed by atoms with Gasteiger partial charge in [-0.2, -0.15) is 0 Å². The average Bonchev–Trinajstić information content (AvgIpc) is 2.72. The minimum absolute atomic E-state index is 0. The summed E-state index contributed by atoms with van der Waals surface area (Å²) in [4.78, 5) is 7.27. The summed E-state index contributed by atoms with van der Waals surface area (Å²) in [6.45, 7) is 3.35. The van der Waals surface area contributed by atoms with Crippen LogP contribution in [-0.4, -0.2) is 24.0 Å². The highest BCUT2D eigenvalue weighted by atomic mass is 127. The molecule has 0 atom stereocenters. The van der Waals surface area contributed by atoms with Crippen molar-refractivity contribution in [3.05, 3.63) is 35.8 Å². The quantitative estimate of drug-likeness (QED) is 0.436. The van der Waals surface area contributed by atoms with Gasteiger partial charge in [0.25, 0.3) is 0 Å². The van der Waals surface area contributed by atoms with Crippen LogP contribution in [0.25, 0.3) is 10.9 Å². The molecule has 1 heterocycles. The van der Waals surface area contributed by atoms with Crippen molar-refractivity contribution in [3.8, 4) is 0 Å². The molecule has 0 fully saturated rings. The normalized spacial score (nSPS) is 11.4. The largest absolute Gasteiger partial charge is 0.370 e. The first-order valence-corrected chi connectivity index (χ1v) is 6.00. The molecule has 4 nitrogen and oxygen atoms in total. The molecule has 6 heteroatoms. The zero-order valence-corrected chi connectivity index (χ0v) is 13.1. The van der Waals surface area contributed by atoms with Gasteiger partial charge in [0, 0.05) is 30.2 Å². The fraction of sp³-hybridized carbons (Fsp3) is 0.308. The fourth-order valence-corrected chi connectivity index (χ4v) is 1.90. The number of aliphatic imine (C=N–C) groups is 1. The van der Waals surface area contributed by atoms with Crippen molar-refractivity contribution in [2.75, 3.05) is 13.1 Å². The van der Waals surface area contributed by atoms with E-state index in [1.165, 1.54) is 12.1 Å². The molecule has 2 aromatic rings. The highest BCUT2D eigenvalue weighted by Crippen LogP contribution is 2.19. The monoisotopic (exact) mass is 376 g/mol. The number of benzene rings is 1. The van der Waals surface area contributed by atoms with Gasteiger partial charge in [0.2, 0.25) is 0 Å². The Morgan fingerprint density at radius 3 is 3.00 bits per heavy atom. The number of aromatic amines is 1. The van der Waals surface area contributed by atoms with Crippen LogP contribution < -0.4 is 11.1 Å². The Balaban J connectivity index is 0.00000180. The first-order valence-electron chi connectivity index (χ1n) is 6.00. The molecule has 0 unspecified atom stereocenters. The standard InChI is InChI=1S/C13H17FN4.HI/c1-2-16-13(15)17-6-5-9-8-18-12-7-10(14)3-4-11(9)12;/h3-4,7-8,18H,2,5-6H2,1H3,(H3,15,16,17);1H. The number of guanidine groups is 1. The second-order valence-corrected chi connectivity index (χ2v) is 4.05. The predicted molar refractivity (Wildman–Crippen MR) is 87.5 cm³/mol. The number of halogens is 2. The molecule has 0 amide bonds. The van der Waals surface area contributed by atoms with Crippen LogP contribution in [0.15, 0.2) is 29.4 Å². The molecular formula is C13H18FIN4. The molecule has 0 aliphatic carbocycles. The molecule has 4 N–H and O–H groups in total.